The summed E-state index contributed by atoms with van der Waals surface area (Å²) in [5.74, 6) is -0.575. The average molecular weight is 851 g/mol. The predicted molar refractivity (Wildman–Crippen MR) is 221 cm³/mol. The minimum Gasteiger partial charge on any atom is -0.744 e. The van der Waals surface area contributed by atoms with Gasteiger partial charge in [-0.1, -0.05) is 26.8 Å². The number of carbonyl (C=O) groups excluding carboxylic acids is 1. The van der Waals surface area contributed by atoms with E-state index in [4.69, 9.17) is 10.2 Å². The van der Waals surface area contributed by atoms with Gasteiger partial charge >= 0.3 is 11.3 Å². The number of nitrogens with zero attached hydrogens (tertiary/aromatic N) is 2. The molecule has 15 nitrogen and oxygen atoms in total. The molecule has 0 saturated heterocycles. The molecule has 1 unspecified atom stereocenters. The molecule has 0 fully saturated rings. The van der Waals surface area contributed by atoms with Crippen LogP contribution < -0.4 is 20.9 Å². The third-order valence-electron chi connectivity index (χ3n) is 10.00. The SMILES string of the molecule is CCN(CCCS(=O)(=O)O)c1ccc2c(C(C)(C)C)cc(/C=C/C=C3\N(CCCS(=O)(=O)O)c4ccc(S(=O)(=O)[O-])cc4C3(C)CCCC(=O)NCCN)[o+]c2c1. The molecule has 0 bridgehead atoms. The molecule has 1 aliphatic heterocycles. The number of allylic oxidation sites excluding steroid dienone is 3. The van der Waals surface area contributed by atoms with E-state index >= 15 is 0 Å². The number of benzene rings is 2. The van der Waals surface area contributed by atoms with Crippen LogP contribution in [0, 0.1) is 0 Å². The summed E-state index contributed by atoms with van der Waals surface area (Å²) in [4.78, 5) is 15.9. The van der Waals surface area contributed by atoms with Crippen molar-refractivity contribution in [1.82, 2.24) is 5.32 Å². The van der Waals surface area contributed by atoms with Crippen molar-refractivity contribution in [3.05, 3.63) is 77.2 Å². The second-order valence-electron chi connectivity index (χ2n) is 15.4. The minimum atomic E-state index is -4.84. The highest BCUT2D eigenvalue weighted by atomic mass is 32.2. The Morgan fingerprint density at radius 1 is 1.00 bits per heavy atom. The molecule has 2 aromatic carbocycles. The Labute approximate surface area is 336 Å². The van der Waals surface area contributed by atoms with Gasteiger partial charge < -0.3 is 25.4 Å². The van der Waals surface area contributed by atoms with Crippen molar-refractivity contribution in [1.29, 1.82) is 0 Å². The Hall–Kier alpha value is -3.91. The third-order valence-corrected chi connectivity index (χ3v) is 12.4. The highest BCUT2D eigenvalue weighted by Gasteiger charge is 2.43. The maximum absolute atomic E-state index is 12.5. The summed E-state index contributed by atoms with van der Waals surface area (Å²) >= 11 is 0. The normalized spacial score (nSPS) is 17.1. The summed E-state index contributed by atoms with van der Waals surface area (Å²) in [5, 5.41) is 3.63. The molecule has 1 aromatic heterocycles. The van der Waals surface area contributed by atoms with E-state index in [0.717, 1.165) is 16.6 Å². The monoisotopic (exact) mass is 850 g/mol. The van der Waals surface area contributed by atoms with Gasteiger partial charge in [0.25, 0.3) is 20.2 Å². The van der Waals surface area contributed by atoms with Crippen LogP contribution in [0.4, 0.5) is 11.4 Å². The molecule has 57 heavy (non-hydrogen) atoms. The number of fused-ring (bicyclic) bond motifs is 2. The number of nitrogens with one attached hydrogen (secondary N) is 1. The summed E-state index contributed by atoms with van der Waals surface area (Å²) < 4.78 is 108. The summed E-state index contributed by atoms with van der Waals surface area (Å²) in [6, 6.07) is 11.8. The predicted octanol–water partition coefficient (Wildman–Crippen LogP) is 5.22. The van der Waals surface area contributed by atoms with E-state index in [1.165, 1.54) is 18.2 Å². The number of rotatable bonds is 19. The first-order valence-corrected chi connectivity index (χ1v) is 23.4. The van der Waals surface area contributed by atoms with Crippen LogP contribution in [-0.2, 0) is 46.0 Å². The lowest BCUT2D eigenvalue weighted by Crippen LogP contribution is -2.31. The van der Waals surface area contributed by atoms with E-state index in [1.54, 1.807) is 12.2 Å². The first-order valence-electron chi connectivity index (χ1n) is 18.8. The number of nitrogens with two attached hydrogens (primary N) is 1. The van der Waals surface area contributed by atoms with Crippen molar-refractivity contribution in [2.75, 3.05) is 54.0 Å². The molecular formula is C39H54N4O11S3. The molecule has 0 saturated carbocycles. The lowest BCUT2D eigenvalue weighted by molar-refractivity contribution is -0.121. The molecule has 0 spiro atoms. The number of anilines is 2. The Morgan fingerprint density at radius 3 is 2.30 bits per heavy atom. The quantitative estimate of drug-likeness (QED) is 0.0894. The molecular weight excluding hydrogens is 797 g/mol. The second-order valence-corrected chi connectivity index (χ2v) is 19.9. The molecule has 314 valence electrons. The van der Waals surface area contributed by atoms with Gasteiger partial charge in [0.15, 0.2) is 0 Å². The van der Waals surface area contributed by atoms with E-state index in [-0.39, 0.29) is 49.4 Å². The topological polar surface area (TPSA) is 239 Å². The highest BCUT2D eigenvalue weighted by molar-refractivity contribution is 7.86. The standard InChI is InChI=1S/C39H54N4O11S3/c1-6-42(21-9-23-55(45,46)47)28-14-16-31-32(38(2,3)4)26-29(54-35(31)25-28)11-7-12-36-39(5,18-8-13-37(44)41-20-19-40)33-27-30(57(51,52)53)15-17-34(33)43(36)22-10-24-56(48,49)50/h7,11-12,14-17,25-27H,6,8-10,13,18-24,40H2,1-5H3,(H3-,41,44,45,46,47,48,49,50,51,52,53)/b11-7+,36-12-. The number of hydrogen-bond acceptors (Lipinski definition) is 11. The molecule has 3 aromatic rings. The Bertz CT molecular complexity index is 2340. The zero-order chi connectivity index (χ0) is 42.4. The Kier molecular flexibility index (Phi) is 14.7. The van der Waals surface area contributed by atoms with Crippen LogP contribution in [0.25, 0.3) is 17.0 Å². The lowest BCUT2D eigenvalue weighted by atomic mass is 9.77. The maximum Gasteiger partial charge on any atom is 0.363 e. The van der Waals surface area contributed by atoms with Gasteiger partial charge in [-0.15, -0.1) is 0 Å². The summed E-state index contributed by atoms with van der Waals surface area (Å²) in [7, 11) is -13.2. The fourth-order valence-corrected chi connectivity index (χ4v) is 8.72. The fraction of sp³-hybridized carbons (Fsp3) is 0.487. The molecule has 18 heteroatoms. The molecule has 5 N–H and O–H groups in total. The van der Waals surface area contributed by atoms with Crippen molar-refractivity contribution < 1.29 is 48.1 Å². The van der Waals surface area contributed by atoms with Crippen molar-refractivity contribution in [2.24, 2.45) is 5.73 Å². The number of amides is 1. The molecule has 1 amide bonds. The lowest BCUT2D eigenvalue weighted by Gasteiger charge is -2.30. The van der Waals surface area contributed by atoms with Crippen LogP contribution in [0.5, 0.6) is 0 Å². The number of hydrogen-bond donors (Lipinski definition) is 4. The minimum absolute atomic E-state index is 0.0282. The fourth-order valence-electron chi connectivity index (χ4n) is 7.23. The summed E-state index contributed by atoms with van der Waals surface area (Å²) in [5.41, 5.74) is 8.40. The van der Waals surface area contributed by atoms with Gasteiger partial charge in [-0.05, 0) is 92.5 Å². The van der Waals surface area contributed by atoms with Gasteiger partial charge in [-0.2, -0.15) is 16.8 Å². The first kappa shape index (κ1) is 45.8. The third kappa shape index (κ3) is 12.3. The van der Waals surface area contributed by atoms with Crippen molar-refractivity contribution in [2.45, 2.75) is 82.4 Å². The van der Waals surface area contributed by atoms with Gasteiger partial charge in [0, 0.05) is 73.8 Å². The molecule has 1 aliphatic rings. The van der Waals surface area contributed by atoms with Crippen LogP contribution in [0.15, 0.2) is 69.6 Å². The summed E-state index contributed by atoms with van der Waals surface area (Å²) in [6.45, 7) is 11.8. The van der Waals surface area contributed by atoms with Gasteiger partial charge in [0.2, 0.25) is 5.91 Å². The van der Waals surface area contributed by atoms with Crippen molar-refractivity contribution >= 4 is 64.7 Å². The maximum atomic E-state index is 12.5. The molecule has 2 heterocycles. The van der Waals surface area contributed by atoms with E-state index in [1.807, 2.05) is 54.0 Å². The smallest absolute Gasteiger partial charge is 0.363 e. The zero-order valence-electron chi connectivity index (χ0n) is 33.0. The van der Waals surface area contributed by atoms with Crippen LogP contribution in [0.1, 0.15) is 83.6 Å². The van der Waals surface area contributed by atoms with Crippen LogP contribution in [0.2, 0.25) is 0 Å². The first-order chi connectivity index (χ1) is 26.5. The molecule has 1 atom stereocenters. The summed E-state index contributed by atoms with van der Waals surface area (Å²) in [6.07, 6.45) is 6.49. The van der Waals surface area contributed by atoms with Crippen molar-refractivity contribution in [3.63, 3.8) is 0 Å². The molecule has 0 aliphatic carbocycles. The highest BCUT2D eigenvalue weighted by Crippen LogP contribution is 2.51. The van der Waals surface area contributed by atoms with E-state index in [9.17, 15) is 43.7 Å². The average Bonchev–Trinajstić information content (AvgIpc) is 3.33. The zero-order valence-corrected chi connectivity index (χ0v) is 35.5. The van der Waals surface area contributed by atoms with Gasteiger partial charge in [0.1, 0.15) is 10.1 Å². The van der Waals surface area contributed by atoms with Gasteiger partial charge in [-0.3, -0.25) is 13.9 Å². The van der Waals surface area contributed by atoms with E-state index < -0.39 is 46.4 Å². The molecule has 0 radical (unpaired) electrons. The van der Waals surface area contributed by atoms with Crippen LogP contribution >= 0.6 is 0 Å². The van der Waals surface area contributed by atoms with E-state index in [0.29, 0.717) is 60.8 Å². The largest absolute Gasteiger partial charge is 0.744 e. The van der Waals surface area contributed by atoms with Crippen LogP contribution in [-0.4, -0.2) is 89.0 Å². The Balaban J connectivity index is 1.82. The van der Waals surface area contributed by atoms with Crippen molar-refractivity contribution in [3.8, 4) is 0 Å². The van der Waals surface area contributed by atoms with Gasteiger partial charge in [0.05, 0.1) is 27.9 Å². The van der Waals surface area contributed by atoms with Gasteiger partial charge in [-0.25, -0.2) is 12.8 Å². The second kappa shape index (κ2) is 18.3. The van der Waals surface area contributed by atoms with Crippen LogP contribution in [0.3, 0.4) is 0 Å². The number of carbonyl (C=O) groups is 1. The molecule has 4 rings (SSSR count). The Morgan fingerprint density at radius 2 is 1.68 bits per heavy atom. The van der Waals surface area contributed by atoms with E-state index in [2.05, 4.69) is 26.1 Å².